The Kier molecular flexibility index (Phi) is 6.77. The number of anilines is 2. The van der Waals surface area contributed by atoms with E-state index in [1.54, 1.807) is 27.8 Å². The van der Waals surface area contributed by atoms with Crippen LogP contribution < -0.4 is 20.9 Å². The summed E-state index contributed by atoms with van der Waals surface area (Å²) in [6.07, 6.45) is 1.45. The molecule has 2 aromatic rings. The summed E-state index contributed by atoms with van der Waals surface area (Å²) < 4.78 is 13.2. The normalized spacial score (nSPS) is 16.8. The highest BCUT2D eigenvalue weighted by Crippen LogP contribution is 2.32. The van der Waals surface area contributed by atoms with Crippen molar-refractivity contribution in [3.63, 3.8) is 0 Å². The topological polar surface area (TPSA) is 90.0 Å². The van der Waals surface area contributed by atoms with E-state index in [4.69, 9.17) is 15.2 Å². The van der Waals surface area contributed by atoms with Crippen LogP contribution in [0.15, 0.2) is 47.4 Å². The van der Waals surface area contributed by atoms with E-state index in [1.807, 2.05) is 45.9 Å². The summed E-state index contributed by atoms with van der Waals surface area (Å²) in [4.78, 5) is 28.3. The molecule has 1 fully saturated rings. The summed E-state index contributed by atoms with van der Waals surface area (Å²) in [5, 5.41) is 0. The third-order valence-corrected chi connectivity index (χ3v) is 5.07. The second kappa shape index (κ2) is 9.32. The van der Waals surface area contributed by atoms with Crippen molar-refractivity contribution in [1.29, 1.82) is 0 Å². The van der Waals surface area contributed by atoms with E-state index >= 15 is 0 Å². The minimum Gasteiger partial charge on any atom is -0.489 e. The van der Waals surface area contributed by atoms with Crippen LogP contribution in [0.2, 0.25) is 0 Å². The first-order valence-electron chi connectivity index (χ1n) is 10.6. The standard InChI is InChI=1S/C23H32N4O4/c1-17-16-26(11-12-27(17)22(29)31-23(2,3)4)19-9-8-18(24)15-20(19)30-14-13-25-10-6-5-7-21(25)28/h5-10,15,17H,11-14,16,24H2,1-4H3. The maximum atomic E-state index is 12.5. The molecule has 0 radical (unpaired) electrons. The molecule has 0 aliphatic carbocycles. The Morgan fingerprint density at radius 3 is 2.65 bits per heavy atom. The number of benzene rings is 1. The van der Waals surface area contributed by atoms with E-state index in [-0.39, 0.29) is 17.7 Å². The Balaban J connectivity index is 1.67. The Labute approximate surface area is 183 Å². The van der Waals surface area contributed by atoms with E-state index in [0.717, 1.165) is 5.69 Å². The van der Waals surface area contributed by atoms with E-state index in [1.165, 1.54) is 6.07 Å². The number of hydrogen-bond donors (Lipinski definition) is 1. The fourth-order valence-corrected chi connectivity index (χ4v) is 3.58. The average Bonchev–Trinajstić information content (AvgIpc) is 2.68. The van der Waals surface area contributed by atoms with Gasteiger partial charge in [0.15, 0.2) is 0 Å². The summed E-state index contributed by atoms with van der Waals surface area (Å²) in [5.74, 6) is 0.668. The van der Waals surface area contributed by atoms with Crippen molar-refractivity contribution in [2.24, 2.45) is 0 Å². The molecule has 8 nitrogen and oxygen atoms in total. The van der Waals surface area contributed by atoms with Gasteiger partial charge in [0, 0.05) is 49.7 Å². The van der Waals surface area contributed by atoms with Crippen molar-refractivity contribution in [1.82, 2.24) is 9.47 Å². The molecule has 1 aromatic carbocycles. The summed E-state index contributed by atoms with van der Waals surface area (Å²) in [6, 6.07) is 10.6. The molecular weight excluding hydrogens is 396 g/mol. The molecular formula is C23H32N4O4. The van der Waals surface area contributed by atoms with Gasteiger partial charge >= 0.3 is 6.09 Å². The quantitative estimate of drug-likeness (QED) is 0.737. The smallest absolute Gasteiger partial charge is 0.410 e. The molecule has 168 valence electrons. The van der Waals surface area contributed by atoms with Gasteiger partial charge in [-0.05, 0) is 45.9 Å². The molecule has 2 N–H and O–H groups in total. The molecule has 1 aliphatic heterocycles. The lowest BCUT2D eigenvalue weighted by Gasteiger charge is -2.41. The predicted octanol–water partition coefficient (Wildman–Crippen LogP) is 2.96. The molecule has 1 amide bonds. The van der Waals surface area contributed by atoms with E-state index < -0.39 is 5.60 Å². The molecule has 1 saturated heterocycles. The number of aromatic nitrogens is 1. The zero-order chi connectivity index (χ0) is 22.6. The third kappa shape index (κ3) is 5.93. The molecule has 0 spiro atoms. The predicted molar refractivity (Wildman–Crippen MR) is 122 cm³/mol. The number of carbonyl (C=O) groups is 1. The lowest BCUT2D eigenvalue weighted by molar-refractivity contribution is 0.0159. The first kappa shape index (κ1) is 22.5. The van der Waals surface area contributed by atoms with Gasteiger partial charge in [0.25, 0.3) is 5.56 Å². The highest BCUT2D eigenvalue weighted by Gasteiger charge is 2.31. The van der Waals surface area contributed by atoms with Crippen LogP contribution in [0.5, 0.6) is 5.75 Å². The first-order valence-corrected chi connectivity index (χ1v) is 10.6. The molecule has 1 atom stereocenters. The van der Waals surface area contributed by atoms with Crippen molar-refractivity contribution < 1.29 is 14.3 Å². The Bertz CT molecular complexity index is 967. The number of nitrogens with zero attached hydrogens (tertiary/aromatic N) is 3. The van der Waals surface area contributed by atoms with Gasteiger partial charge in [-0.25, -0.2) is 4.79 Å². The van der Waals surface area contributed by atoms with Crippen LogP contribution in [0.3, 0.4) is 0 Å². The van der Waals surface area contributed by atoms with Gasteiger partial charge in [-0.15, -0.1) is 0 Å². The number of pyridine rings is 1. The van der Waals surface area contributed by atoms with Gasteiger partial charge in [0.1, 0.15) is 18.0 Å². The second-order valence-electron chi connectivity index (χ2n) is 8.78. The average molecular weight is 429 g/mol. The monoisotopic (exact) mass is 428 g/mol. The molecule has 0 bridgehead atoms. The molecule has 3 rings (SSSR count). The lowest BCUT2D eigenvalue weighted by atomic mass is 10.1. The number of carbonyl (C=O) groups excluding carboxylic acids is 1. The summed E-state index contributed by atoms with van der Waals surface area (Å²) in [6.45, 7) is 10.3. The largest absolute Gasteiger partial charge is 0.489 e. The van der Waals surface area contributed by atoms with Crippen molar-refractivity contribution in [2.45, 2.75) is 45.9 Å². The van der Waals surface area contributed by atoms with Gasteiger partial charge in [-0.3, -0.25) is 4.79 Å². The second-order valence-corrected chi connectivity index (χ2v) is 8.78. The zero-order valence-corrected chi connectivity index (χ0v) is 18.7. The fraction of sp³-hybridized carbons (Fsp3) is 0.478. The van der Waals surface area contributed by atoms with Crippen molar-refractivity contribution in [3.05, 3.63) is 52.9 Å². The third-order valence-electron chi connectivity index (χ3n) is 5.07. The molecule has 1 unspecified atom stereocenters. The SMILES string of the molecule is CC1CN(c2ccc(N)cc2OCCn2ccccc2=O)CCN1C(=O)OC(C)(C)C. The van der Waals surface area contributed by atoms with E-state index in [2.05, 4.69) is 4.90 Å². The highest BCUT2D eigenvalue weighted by atomic mass is 16.6. The Morgan fingerprint density at radius 2 is 1.97 bits per heavy atom. The molecule has 1 aliphatic rings. The lowest BCUT2D eigenvalue weighted by Crippen LogP contribution is -2.55. The van der Waals surface area contributed by atoms with Crippen LogP contribution in [0, 0.1) is 0 Å². The van der Waals surface area contributed by atoms with Gasteiger partial charge in [-0.2, -0.15) is 0 Å². The summed E-state index contributed by atoms with van der Waals surface area (Å²) in [5.41, 5.74) is 6.93. The van der Waals surface area contributed by atoms with Crippen molar-refractivity contribution in [3.8, 4) is 5.75 Å². The number of piperazine rings is 1. The van der Waals surface area contributed by atoms with Gasteiger partial charge in [0.05, 0.1) is 12.2 Å². The Morgan fingerprint density at radius 1 is 1.19 bits per heavy atom. The Hall–Kier alpha value is -3.16. The summed E-state index contributed by atoms with van der Waals surface area (Å²) >= 11 is 0. The number of hydrogen-bond acceptors (Lipinski definition) is 6. The molecule has 1 aromatic heterocycles. The van der Waals surface area contributed by atoms with Crippen molar-refractivity contribution in [2.75, 3.05) is 36.9 Å². The van der Waals surface area contributed by atoms with Crippen LogP contribution in [0.25, 0.3) is 0 Å². The maximum absolute atomic E-state index is 12.5. The van der Waals surface area contributed by atoms with Gasteiger partial charge in [0.2, 0.25) is 0 Å². The number of ether oxygens (including phenoxy) is 2. The highest BCUT2D eigenvalue weighted by molar-refractivity contribution is 5.70. The number of nitrogen functional groups attached to an aromatic ring is 1. The number of nitrogens with two attached hydrogens (primary N) is 1. The van der Waals surface area contributed by atoms with Crippen LogP contribution in [0.4, 0.5) is 16.2 Å². The maximum Gasteiger partial charge on any atom is 0.410 e. The fourth-order valence-electron chi connectivity index (χ4n) is 3.58. The van der Waals surface area contributed by atoms with Crippen LogP contribution in [-0.2, 0) is 11.3 Å². The van der Waals surface area contributed by atoms with Gasteiger partial charge < -0.3 is 29.6 Å². The number of amides is 1. The minimum absolute atomic E-state index is 0.0168. The van der Waals surface area contributed by atoms with Crippen LogP contribution in [-0.4, -0.2) is 53.4 Å². The zero-order valence-electron chi connectivity index (χ0n) is 18.7. The minimum atomic E-state index is -0.521. The molecule has 8 heteroatoms. The van der Waals surface area contributed by atoms with Gasteiger partial charge in [-0.1, -0.05) is 6.07 Å². The van der Waals surface area contributed by atoms with Crippen molar-refractivity contribution >= 4 is 17.5 Å². The first-order chi connectivity index (χ1) is 14.6. The van der Waals surface area contributed by atoms with Crippen LogP contribution in [0.1, 0.15) is 27.7 Å². The number of rotatable bonds is 5. The summed E-state index contributed by atoms with van der Waals surface area (Å²) in [7, 11) is 0. The van der Waals surface area contributed by atoms with Crippen LogP contribution >= 0.6 is 0 Å². The van der Waals surface area contributed by atoms with E-state index in [9.17, 15) is 9.59 Å². The molecule has 2 heterocycles. The molecule has 31 heavy (non-hydrogen) atoms. The molecule has 0 saturated carbocycles. The van der Waals surface area contributed by atoms with E-state index in [0.29, 0.717) is 44.2 Å².